The molecule has 0 N–H and O–H groups in total. The molecule has 0 saturated heterocycles. The molecule has 2 heteroatoms. The summed E-state index contributed by atoms with van der Waals surface area (Å²) in [5.74, 6) is -0.0523. The van der Waals surface area contributed by atoms with Crippen molar-refractivity contribution in [3.63, 3.8) is 0 Å². The summed E-state index contributed by atoms with van der Waals surface area (Å²) in [7, 11) is 1.48. The number of unbranched alkanes of at least 4 members (excludes halogenated alkanes) is 5. The van der Waals surface area contributed by atoms with Crippen LogP contribution < -0.4 is 0 Å². The van der Waals surface area contributed by atoms with Crippen molar-refractivity contribution in [2.75, 3.05) is 7.11 Å². The van der Waals surface area contributed by atoms with Gasteiger partial charge in [-0.15, -0.1) is 0 Å². The predicted molar refractivity (Wildman–Crippen MR) is 68.4 cm³/mol. The molecule has 0 aromatic carbocycles. The second kappa shape index (κ2) is 8.60. The Hall–Kier alpha value is -0.530. The van der Waals surface area contributed by atoms with Gasteiger partial charge >= 0.3 is 5.97 Å². The van der Waals surface area contributed by atoms with E-state index in [-0.39, 0.29) is 11.4 Å². The highest BCUT2D eigenvalue weighted by atomic mass is 16.5. The van der Waals surface area contributed by atoms with E-state index < -0.39 is 0 Å². The summed E-state index contributed by atoms with van der Waals surface area (Å²) in [6, 6.07) is 0. The second-order valence-electron chi connectivity index (χ2n) is 4.92. The lowest BCUT2D eigenvalue weighted by molar-refractivity contribution is -0.152. The van der Waals surface area contributed by atoms with Gasteiger partial charge in [-0.2, -0.15) is 0 Å². The third-order valence-electron chi connectivity index (χ3n) is 3.54. The largest absolute Gasteiger partial charge is 0.469 e. The smallest absolute Gasteiger partial charge is 0.311 e. The van der Waals surface area contributed by atoms with Crippen LogP contribution in [-0.4, -0.2) is 13.1 Å². The van der Waals surface area contributed by atoms with Crippen LogP contribution in [0, 0.1) is 5.41 Å². The molecule has 0 aromatic heterocycles. The van der Waals surface area contributed by atoms with E-state index in [4.69, 9.17) is 4.74 Å². The Bertz CT molecular complexity index is 189. The minimum absolute atomic E-state index is 0.0523. The topological polar surface area (TPSA) is 26.3 Å². The summed E-state index contributed by atoms with van der Waals surface area (Å²) < 4.78 is 4.86. The van der Waals surface area contributed by atoms with Crippen LogP contribution in [-0.2, 0) is 9.53 Å². The van der Waals surface area contributed by atoms with Crippen LogP contribution in [0.5, 0.6) is 0 Å². The normalized spacial score (nSPS) is 14.5. The Balaban J connectivity index is 3.74. The molecule has 0 saturated carbocycles. The lowest BCUT2D eigenvalue weighted by Gasteiger charge is -2.24. The van der Waals surface area contributed by atoms with E-state index in [0.717, 1.165) is 19.3 Å². The van der Waals surface area contributed by atoms with E-state index in [0.29, 0.717) is 0 Å². The van der Waals surface area contributed by atoms with Gasteiger partial charge < -0.3 is 4.74 Å². The van der Waals surface area contributed by atoms with Crippen molar-refractivity contribution < 1.29 is 9.53 Å². The van der Waals surface area contributed by atoms with E-state index in [1.807, 2.05) is 6.92 Å². The van der Waals surface area contributed by atoms with Crippen molar-refractivity contribution in [1.29, 1.82) is 0 Å². The van der Waals surface area contributed by atoms with Crippen molar-refractivity contribution in [2.24, 2.45) is 5.41 Å². The third kappa shape index (κ3) is 5.53. The highest BCUT2D eigenvalue weighted by Crippen LogP contribution is 2.29. The number of esters is 1. The zero-order valence-electron chi connectivity index (χ0n) is 11.5. The summed E-state index contributed by atoms with van der Waals surface area (Å²) in [4.78, 5) is 11.6. The molecule has 0 aromatic rings. The predicted octanol–water partition coefficient (Wildman–Crippen LogP) is 4.33. The maximum absolute atomic E-state index is 11.6. The van der Waals surface area contributed by atoms with Gasteiger partial charge in [-0.1, -0.05) is 52.4 Å². The number of carbonyl (C=O) groups is 1. The molecule has 0 aliphatic heterocycles. The van der Waals surface area contributed by atoms with Crippen molar-refractivity contribution in [1.82, 2.24) is 0 Å². The van der Waals surface area contributed by atoms with Gasteiger partial charge in [0.15, 0.2) is 0 Å². The van der Waals surface area contributed by atoms with Gasteiger partial charge in [0, 0.05) is 0 Å². The summed E-state index contributed by atoms with van der Waals surface area (Å²) in [6.45, 7) is 6.31. The highest BCUT2D eigenvalue weighted by Gasteiger charge is 2.31. The quantitative estimate of drug-likeness (QED) is 0.434. The van der Waals surface area contributed by atoms with E-state index in [1.165, 1.54) is 39.2 Å². The standard InChI is InChI=1S/C14H28O2/c1-5-7-8-9-10-11-12-14(3,6-2)13(15)16-4/h5-12H2,1-4H3. The van der Waals surface area contributed by atoms with Crippen LogP contribution in [0.25, 0.3) is 0 Å². The van der Waals surface area contributed by atoms with Crippen LogP contribution in [0.2, 0.25) is 0 Å². The van der Waals surface area contributed by atoms with Gasteiger partial charge in [0.05, 0.1) is 12.5 Å². The summed E-state index contributed by atoms with van der Waals surface area (Å²) >= 11 is 0. The Morgan fingerprint density at radius 3 is 2.12 bits per heavy atom. The van der Waals surface area contributed by atoms with Gasteiger partial charge in [0.1, 0.15) is 0 Å². The Kier molecular flexibility index (Phi) is 8.32. The van der Waals surface area contributed by atoms with Crippen LogP contribution in [0.3, 0.4) is 0 Å². The minimum atomic E-state index is -0.264. The fourth-order valence-corrected chi connectivity index (χ4v) is 1.97. The number of carbonyl (C=O) groups excluding carboxylic acids is 1. The van der Waals surface area contributed by atoms with Crippen LogP contribution in [0.1, 0.15) is 72.1 Å². The first kappa shape index (κ1) is 15.5. The van der Waals surface area contributed by atoms with Crippen molar-refractivity contribution in [3.8, 4) is 0 Å². The molecule has 0 amide bonds. The third-order valence-corrected chi connectivity index (χ3v) is 3.54. The van der Waals surface area contributed by atoms with E-state index in [1.54, 1.807) is 0 Å². The van der Waals surface area contributed by atoms with E-state index in [2.05, 4.69) is 13.8 Å². The first-order chi connectivity index (χ1) is 7.60. The maximum atomic E-state index is 11.6. The molecule has 0 heterocycles. The molecule has 0 bridgehead atoms. The first-order valence-electron chi connectivity index (χ1n) is 6.69. The maximum Gasteiger partial charge on any atom is 0.311 e. The molecule has 96 valence electrons. The molecule has 1 atom stereocenters. The van der Waals surface area contributed by atoms with Gasteiger partial charge in [-0.3, -0.25) is 4.79 Å². The molecule has 0 spiro atoms. The zero-order valence-corrected chi connectivity index (χ0v) is 11.5. The average molecular weight is 228 g/mol. The van der Waals surface area contributed by atoms with Crippen LogP contribution in [0.4, 0.5) is 0 Å². The van der Waals surface area contributed by atoms with Crippen molar-refractivity contribution in [2.45, 2.75) is 72.1 Å². The van der Waals surface area contributed by atoms with E-state index >= 15 is 0 Å². The molecule has 16 heavy (non-hydrogen) atoms. The molecular formula is C14H28O2. The molecule has 0 fully saturated rings. The van der Waals surface area contributed by atoms with Gasteiger partial charge in [-0.05, 0) is 19.8 Å². The highest BCUT2D eigenvalue weighted by molar-refractivity contribution is 5.76. The van der Waals surface area contributed by atoms with Gasteiger partial charge in [0.25, 0.3) is 0 Å². The summed E-state index contributed by atoms with van der Waals surface area (Å²) in [5.41, 5.74) is -0.264. The average Bonchev–Trinajstić information content (AvgIpc) is 2.32. The molecule has 0 rings (SSSR count). The fraction of sp³-hybridized carbons (Fsp3) is 0.929. The van der Waals surface area contributed by atoms with Crippen LogP contribution in [0.15, 0.2) is 0 Å². The lowest BCUT2D eigenvalue weighted by Crippen LogP contribution is -2.28. The molecule has 0 aliphatic carbocycles. The van der Waals surface area contributed by atoms with Crippen molar-refractivity contribution >= 4 is 5.97 Å². The molecule has 2 nitrogen and oxygen atoms in total. The molecule has 0 aliphatic rings. The fourth-order valence-electron chi connectivity index (χ4n) is 1.97. The Labute approximate surface area is 101 Å². The van der Waals surface area contributed by atoms with Crippen LogP contribution >= 0.6 is 0 Å². The lowest BCUT2D eigenvalue weighted by atomic mass is 9.82. The number of ether oxygens (including phenoxy) is 1. The monoisotopic (exact) mass is 228 g/mol. The number of methoxy groups -OCH3 is 1. The first-order valence-corrected chi connectivity index (χ1v) is 6.69. The minimum Gasteiger partial charge on any atom is -0.469 e. The van der Waals surface area contributed by atoms with Crippen molar-refractivity contribution in [3.05, 3.63) is 0 Å². The number of hydrogen-bond acceptors (Lipinski definition) is 2. The molecule has 1 unspecified atom stereocenters. The summed E-state index contributed by atoms with van der Waals surface area (Å²) in [6.07, 6.45) is 9.47. The number of rotatable bonds is 9. The number of hydrogen-bond donors (Lipinski definition) is 0. The zero-order chi connectivity index (χ0) is 12.4. The molecular weight excluding hydrogens is 200 g/mol. The second-order valence-corrected chi connectivity index (χ2v) is 4.92. The Morgan fingerprint density at radius 2 is 1.62 bits per heavy atom. The van der Waals surface area contributed by atoms with E-state index in [9.17, 15) is 4.79 Å². The SMILES string of the molecule is CCCCCCCCC(C)(CC)C(=O)OC. The summed E-state index contributed by atoms with van der Waals surface area (Å²) in [5, 5.41) is 0. The van der Waals surface area contributed by atoms with Gasteiger partial charge in [-0.25, -0.2) is 0 Å². The van der Waals surface area contributed by atoms with Gasteiger partial charge in [0.2, 0.25) is 0 Å². The Morgan fingerprint density at radius 1 is 1.06 bits per heavy atom. The molecule has 0 radical (unpaired) electrons.